The van der Waals surface area contributed by atoms with Crippen molar-refractivity contribution in [1.82, 2.24) is 10.3 Å². The maximum absolute atomic E-state index is 6.39. The second kappa shape index (κ2) is 5.47. The van der Waals surface area contributed by atoms with E-state index in [4.69, 9.17) is 34.8 Å². The minimum atomic E-state index is 0.0149. The summed E-state index contributed by atoms with van der Waals surface area (Å²) in [5.74, 6) is 0. The second-order valence-electron chi connectivity index (χ2n) is 5.51. The van der Waals surface area contributed by atoms with Crippen molar-refractivity contribution in [1.29, 1.82) is 0 Å². The molecule has 0 amide bonds. The normalized spacial score (nSPS) is 17.7. The van der Waals surface area contributed by atoms with Crippen LogP contribution in [0.4, 0.5) is 0 Å². The molecule has 2 heterocycles. The Morgan fingerprint density at radius 2 is 1.73 bits per heavy atom. The lowest BCUT2D eigenvalue weighted by Crippen LogP contribution is -2.30. The van der Waals surface area contributed by atoms with E-state index >= 15 is 0 Å². The average Bonchev–Trinajstić information content (AvgIpc) is 2.88. The SMILES string of the molecule is Clc1ccc(Cl)c(C2NCCc3c2[nH]c2ccc(Cl)cc32)c1. The van der Waals surface area contributed by atoms with Crippen LogP contribution in [-0.4, -0.2) is 11.5 Å². The van der Waals surface area contributed by atoms with Crippen LogP contribution in [0.1, 0.15) is 22.9 Å². The summed E-state index contributed by atoms with van der Waals surface area (Å²) >= 11 is 18.7. The fourth-order valence-corrected chi connectivity index (χ4v) is 3.78. The molecular weight excluding hydrogens is 339 g/mol. The van der Waals surface area contributed by atoms with Crippen LogP contribution >= 0.6 is 34.8 Å². The van der Waals surface area contributed by atoms with Crippen molar-refractivity contribution in [3.63, 3.8) is 0 Å². The van der Waals surface area contributed by atoms with Crippen LogP contribution in [-0.2, 0) is 6.42 Å². The Balaban J connectivity index is 1.92. The fraction of sp³-hybridized carbons (Fsp3) is 0.176. The van der Waals surface area contributed by atoms with Gasteiger partial charge in [0.1, 0.15) is 0 Å². The maximum atomic E-state index is 6.39. The van der Waals surface area contributed by atoms with Gasteiger partial charge in [-0.05, 0) is 53.9 Å². The van der Waals surface area contributed by atoms with Gasteiger partial charge in [0.25, 0.3) is 0 Å². The number of halogens is 3. The first-order valence-electron chi connectivity index (χ1n) is 7.12. The van der Waals surface area contributed by atoms with E-state index in [-0.39, 0.29) is 6.04 Å². The molecule has 3 aromatic rings. The molecule has 0 saturated carbocycles. The van der Waals surface area contributed by atoms with Crippen LogP contribution in [0.25, 0.3) is 10.9 Å². The molecule has 1 unspecified atom stereocenters. The quantitative estimate of drug-likeness (QED) is 0.606. The molecule has 1 atom stereocenters. The van der Waals surface area contributed by atoms with E-state index < -0.39 is 0 Å². The number of H-pyrrole nitrogens is 1. The zero-order valence-electron chi connectivity index (χ0n) is 11.6. The second-order valence-corrected chi connectivity index (χ2v) is 6.79. The lowest BCUT2D eigenvalue weighted by atomic mass is 9.94. The van der Waals surface area contributed by atoms with Gasteiger partial charge < -0.3 is 10.3 Å². The van der Waals surface area contributed by atoms with E-state index in [9.17, 15) is 0 Å². The number of hydrogen-bond acceptors (Lipinski definition) is 1. The molecule has 2 aromatic carbocycles. The zero-order valence-corrected chi connectivity index (χ0v) is 13.9. The molecule has 0 fully saturated rings. The first-order valence-corrected chi connectivity index (χ1v) is 8.25. The van der Waals surface area contributed by atoms with Crippen molar-refractivity contribution in [2.45, 2.75) is 12.5 Å². The van der Waals surface area contributed by atoms with Crippen LogP contribution in [0.2, 0.25) is 15.1 Å². The number of rotatable bonds is 1. The Morgan fingerprint density at radius 3 is 2.59 bits per heavy atom. The molecule has 1 aliphatic rings. The van der Waals surface area contributed by atoms with E-state index in [1.165, 1.54) is 10.9 Å². The van der Waals surface area contributed by atoms with Crippen molar-refractivity contribution in [3.8, 4) is 0 Å². The highest BCUT2D eigenvalue weighted by Gasteiger charge is 2.26. The van der Waals surface area contributed by atoms with Gasteiger partial charge in [0.15, 0.2) is 0 Å². The zero-order chi connectivity index (χ0) is 15.3. The van der Waals surface area contributed by atoms with Gasteiger partial charge >= 0.3 is 0 Å². The molecule has 1 aliphatic heterocycles. The Labute approximate surface area is 143 Å². The van der Waals surface area contributed by atoms with Crippen LogP contribution in [0.3, 0.4) is 0 Å². The lowest BCUT2D eigenvalue weighted by molar-refractivity contribution is 0.560. The van der Waals surface area contributed by atoms with Crippen LogP contribution < -0.4 is 5.32 Å². The topological polar surface area (TPSA) is 27.8 Å². The summed E-state index contributed by atoms with van der Waals surface area (Å²) in [6.45, 7) is 0.889. The van der Waals surface area contributed by atoms with Crippen LogP contribution in [0.5, 0.6) is 0 Å². The summed E-state index contributed by atoms with van der Waals surface area (Å²) in [5.41, 5.74) is 4.54. The molecule has 5 heteroatoms. The van der Waals surface area contributed by atoms with Crippen molar-refractivity contribution in [2.75, 3.05) is 6.54 Å². The van der Waals surface area contributed by atoms with E-state index in [1.807, 2.05) is 36.4 Å². The summed E-state index contributed by atoms with van der Waals surface area (Å²) in [6, 6.07) is 11.5. The Bertz CT molecular complexity index is 870. The first-order chi connectivity index (χ1) is 10.6. The van der Waals surface area contributed by atoms with Gasteiger partial charge in [-0.1, -0.05) is 34.8 Å². The van der Waals surface area contributed by atoms with Crippen LogP contribution in [0.15, 0.2) is 36.4 Å². The molecule has 22 heavy (non-hydrogen) atoms. The minimum Gasteiger partial charge on any atom is -0.357 e. The molecular formula is C17H13Cl3N2. The molecule has 2 N–H and O–H groups in total. The number of benzene rings is 2. The maximum Gasteiger partial charge on any atom is 0.0747 e. The number of hydrogen-bond donors (Lipinski definition) is 2. The molecule has 0 aliphatic carbocycles. The third-order valence-electron chi connectivity index (χ3n) is 4.18. The van der Waals surface area contributed by atoms with Crippen molar-refractivity contribution in [2.24, 2.45) is 0 Å². The fourth-order valence-electron chi connectivity index (χ4n) is 3.20. The lowest BCUT2D eigenvalue weighted by Gasteiger charge is -2.25. The van der Waals surface area contributed by atoms with Gasteiger partial charge in [-0.2, -0.15) is 0 Å². The van der Waals surface area contributed by atoms with Crippen molar-refractivity contribution in [3.05, 3.63) is 68.3 Å². The highest BCUT2D eigenvalue weighted by Crippen LogP contribution is 2.37. The van der Waals surface area contributed by atoms with E-state index in [2.05, 4.69) is 10.3 Å². The first kappa shape index (κ1) is 14.4. The highest BCUT2D eigenvalue weighted by atomic mass is 35.5. The molecule has 4 rings (SSSR count). The predicted octanol–water partition coefficient (Wildman–Crippen LogP) is 5.36. The molecule has 1 aromatic heterocycles. The smallest absolute Gasteiger partial charge is 0.0747 e. The Kier molecular flexibility index (Phi) is 3.58. The highest BCUT2D eigenvalue weighted by molar-refractivity contribution is 6.33. The summed E-state index contributed by atoms with van der Waals surface area (Å²) in [6.07, 6.45) is 0.963. The summed E-state index contributed by atoms with van der Waals surface area (Å²) in [5, 5.41) is 6.87. The molecule has 0 radical (unpaired) electrons. The Hall–Kier alpha value is -1.19. The molecule has 0 saturated heterocycles. The van der Waals surface area contributed by atoms with Gasteiger partial charge in [0, 0.05) is 38.2 Å². The summed E-state index contributed by atoms with van der Waals surface area (Å²) in [7, 11) is 0. The molecule has 2 nitrogen and oxygen atoms in total. The average molecular weight is 352 g/mol. The Morgan fingerprint density at radius 1 is 0.955 bits per heavy atom. The number of nitrogens with one attached hydrogen (secondary N) is 2. The van der Waals surface area contributed by atoms with E-state index in [0.717, 1.165) is 34.8 Å². The third kappa shape index (κ3) is 2.31. The van der Waals surface area contributed by atoms with E-state index in [1.54, 1.807) is 0 Å². The molecule has 0 spiro atoms. The number of aromatic amines is 1. The summed E-state index contributed by atoms with van der Waals surface area (Å²) < 4.78 is 0. The van der Waals surface area contributed by atoms with Crippen molar-refractivity contribution < 1.29 is 0 Å². The van der Waals surface area contributed by atoms with Gasteiger partial charge in [0.05, 0.1) is 6.04 Å². The van der Waals surface area contributed by atoms with Gasteiger partial charge in [-0.25, -0.2) is 0 Å². The standard InChI is InChI=1S/C17H13Cl3N2/c18-9-1-3-14(20)13(8-9)16-17-11(5-6-21-16)12-7-10(19)2-4-15(12)22-17/h1-4,7-8,16,21-22H,5-6H2. The van der Waals surface area contributed by atoms with Crippen molar-refractivity contribution >= 4 is 45.7 Å². The van der Waals surface area contributed by atoms with Gasteiger partial charge in [0.2, 0.25) is 0 Å². The van der Waals surface area contributed by atoms with Gasteiger partial charge in [-0.15, -0.1) is 0 Å². The van der Waals surface area contributed by atoms with Gasteiger partial charge in [-0.3, -0.25) is 0 Å². The predicted molar refractivity (Wildman–Crippen MR) is 93.3 cm³/mol. The molecule has 112 valence electrons. The minimum absolute atomic E-state index is 0.0149. The molecule has 0 bridgehead atoms. The van der Waals surface area contributed by atoms with E-state index in [0.29, 0.717) is 10.0 Å². The summed E-state index contributed by atoms with van der Waals surface area (Å²) in [4.78, 5) is 3.52. The number of fused-ring (bicyclic) bond motifs is 3. The third-order valence-corrected chi connectivity index (χ3v) is 5.00. The largest absolute Gasteiger partial charge is 0.357 e. The van der Waals surface area contributed by atoms with Crippen LogP contribution in [0, 0.1) is 0 Å². The monoisotopic (exact) mass is 350 g/mol. The number of aromatic nitrogens is 1.